The summed E-state index contributed by atoms with van der Waals surface area (Å²) in [5.41, 5.74) is 0.642. The molecule has 1 aliphatic rings. The number of aliphatic carboxylic acids is 1. The highest BCUT2D eigenvalue weighted by molar-refractivity contribution is 7.86. The molecule has 3 atom stereocenters. The van der Waals surface area contributed by atoms with Crippen LogP contribution in [0.25, 0.3) is 0 Å². The summed E-state index contributed by atoms with van der Waals surface area (Å²) in [6.45, 7) is 3.79. The first-order valence-electron chi connectivity index (χ1n) is 6.98. The summed E-state index contributed by atoms with van der Waals surface area (Å²) >= 11 is 5.85. The fourth-order valence-electron chi connectivity index (χ4n) is 2.59. The molecule has 2 rings (SSSR count). The average molecular weight is 344 g/mol. The average Bonchev–Trinajstić information content (AvgIpc) is 2.71. The minimum atomic E-state index is -1.46. The van der Waals surface area contributed by atoms with E-state index in [0.29, 0.717) is 17.0 Å². The third-order valence-corrected chi connectivity index (χ3v) is 5.31. The lowest BCUT2D eigenvalue weighted by atomic mass is 10.0. The highest BCUT2D eigenvalue weighted by atomic mass is 35.5. The topological polar surface area (TPSA) is 74.7 Å². The van der Waals surface area contributed by atoms with Gasteiger partial charge in [0.2, 0.25) is 5.91 Å². The maximum atomic E-state index is 12.3. The van der Waals surface area contributed by atoms with Crippen molar-refractivity contribution in [2.45, 2.75) is 31.7 Å². The summed E-state index contributed by atoms with van der Waals surface area (Å²) in [6, 6.07) is 5.69. The summed E-state index contributed by atoms with van der Waals surface area (Å²) in [6.07, 6.45) is 0.322. The zero-order valence-corrected chi connectivity index (χ0v) is 13.9. The molecule has 1 amide bonds. The molecule has 120 valence electrons. The van der Waals surface area contributed by atoms with Crippen molar-refractivity contribution in [1.29, 1.82) is 0 Å². The number of nitrogens with zero attached hydrogens (tertiary/aromatic N) is 1. The van der Waals surface area contributed by atoms with E-state index in [9.17, 15) is 18.9 Å². The Balaban J connectivity index is 2.40. The van der Waals surface area contributed by atoms with E-state index in [2.05, 4.69) is 0 Å². The summed E-state index contributed by atoms with van der Waals surface area (Å²) < 4.78 is 12.3. The largest absolute Gasteiger partial charge is 0.480 e. The van der Waals surface area contributed by atoms with Crippen LogP contribution in [-0.2, 0) is 20.4 Å². The van der Waals surface area contributed by atoms with Gasteiger partial charge >= 0.3 is 5.97 Å². The van der Waals surface area contributed by atoms with E-state index < -0.39 is 28.2 Å². The molecule has 1 fully saturated rings. The number of benzene rings is 1. The number of rotatable bonds is 5. The lowest BCUT2D eigenvalue weighted by Gasteiger charge is -2.30. The number of hydrogen-bond donors (Lipinski definition) is 1. The van der Waals surface area contributed by atoms with Gasteiger partial charge in [-0.2, -0.15) is 0 Å². The fourth-order valence-corrected chi connectivity index (χ4v) is 4.24. The highest BCUT2D eigenvalue weighted by Gasteiger charge is 2.45. The standard InChI is InChI=1S/C15H18ClNO4S/c1-9(2)7-12(15(19)20)17-13(18)8-22(21)14(17)10-3-5-11(16)6-4-10/h3-6,9,12,14H,7-8H2,1-2H3,(H,19,20)/t12-,14-,22?/m0/s1. The Morgan fingerprint density at radius 3 is 2.50 bits per heavy atom. The van der Waals surface area contributed by atoms with Gasteiger partial charge in [0.15, 0.2) is 0 Å². The second-order valence-corrected chi connectivity index (χ2v) is 7.65. The predicted molar refractivity (Wildman–Crippen MR) is 84.9 cm³/mol. The number of amides is 1. The molecule has 0 aliphatic carbocycles. The monoisotopic (exact) mass is 343 g/mol. The molecule has 1 aliphatic heterocycles. The van der Waals surface area contributed by atoms with Crippen LogP contribution >= 0.6 is 11.6 Å². The summed E-state index contributed by atoms with van der Waals surface area (Å²) in [5, 5.41) is 9.28. The molecule has 0 spiro atoms. The number of carboxylic acid groups (broad SMARTS) is 1. The molecule has 22 heavy (non-hydrogen) atoms. The third kappa shape index (κ3) is 3.50. The molecule has 1 unspecified atom stereocenters. The van der Waals surface area contributed by atoms with Crippen LogP contribution in [0.3, 0.4) is 0 Å². The molecule has 5 nitrogen and oxygen atoms in total. The smallest absolute Gasteiger partial charge is 0.326 e. The summed E-state index contributed by atoms with van der Waals surface area (Å²) in [7, 11) is -1.46. The molecule has 1 aromatic rings. The molecule has 1 heterocycles. The van der Waals surface area contributed by atoms with E-state index in [1.165, 1.54) is 4.90 Å². The molecule has 7 heteroatoms. The van der Waals surface area contributed by atoms with Crippen LogP contribution in [0.2, 0.25) is 5.02 Å². The van der Waals surface area contributed by atoms with Crippen LogP contribution in [0.4, 0.5) is 0 Å². The van der Waals surface area contributed by atoms with Crippen molar-refractivity contribution in [3.8, 4) is 0 Å². The zero-order valence-electron chi connectivity index (χ0n) is 12.4. The van der Waals surface area contributed by atoms with Crippen LogP contribution < -0.4 is 0 Å². The fraction of sp³-hybridized carbons (Fsp3) is 0.467. The SMILES string of the molecule is CC(C)C[C@@H](C(=O)O)N1C(=O)CS(=O)[C@H]1c1ccc(Cl)cc1. The Morgan fingerprint density at radius 1 is 1.41 bits per heavy atom. The Morgan fingerprint density at radius 2 is 2.00 bits per heavy atom. The lowest BCUT2D eigenvalue weighted by Crippen LogP contribution is -2.44. The van der Waals surface area contributed by atoms with Gasteiger partial charge < -0.3 is 10.0 Å². The predicted octanol–water partition coefficient (Wildman–Crippen LogP) is 2.43. The Bertz CT molecular complexity index is 602. The van der Waals surface area contributed by atoms with E-state index in [1.54, 1.807) is 24.3 Å². The Hall–Kier alpha value is -1.40. The molecule has 0 radical (unpaired) electrons. The van der Waals surface area contributed by atoms with Gasteiger partial charge in [0.05, 0.1) is 10.8 Å². The van der Waals surface area contributed by atoms with Crippen molar-refractivity contribution in [3.63, 3.8) is 0 Å². The minimum absolute atomic E-state index is 0.105. The number of carboxylic acids is 1. The Labute approximate surface area is 136 Å². The second kappa shape index (κ2) is 6.79. The molecular weight excluding hydrogens is 326 g/mol. The molecule has 0 aromatic heterocycles. The van der Waals surface area contributed by atoms with Gasteiger partial charge in [-0.1, -0.05) is 37.6 Å². The van der Waals surface area contributed by atoms with Gasteiger partial charge in [-0.25, -0.2) is 4.79 Å². The number of halogens is 1. The maximum absolute atomic E-state index is 12.3. The summed E-state index contributed by atoms with van der Waals surface area (Å²) in [4.78, 5) is 25.1. The van der Waals surface area contributed by atoms with E-state index in [1.807, 2.05) is 13.8 Å². The molecule has 1 N–H and O–H groups in total. The van der Waals surface area contributed by atoms with Crippen LogP contribution in [0.1, 0.15) is 31.2 Å². The van der Waals surface area contributed by atoms with E-state index in [4.69, 9.17) is 11.6 Å². The van der Waals surface area contributed by atoms with Crippen LogP contribution in [0, 0.1) is 5.92 Å². The van der Waals surface area contributed by atoms with Gasteiger partial charge in [-0.15, -0.1) is 0 Å². The highest BCUT2D eigenvalue weighted by Crippen LogP contribution is 2.34. The van der Waals surface area contributed by atoms with Gasteiger partial charge in [-0.05, 0) is 30.0 Å². The van der Waals surface area contributed by atoms with E-state index in [0.717, 1.165) is 0 Å². The van der Waals surface area contributed by atoms with Crippen LogP contribution in [0.5, 0.6) is 0 Å². The number of carbonyl (C=O) groups excluding carboxylic acids is 1. The van der Waals surface area contributed by atoms with Gasteiger partial charge in [-0.3, -0.25) is 9.00 Å². The first-order chi connectivity index (χ1) is 10.3. The third-order valence-electron chi connectivity index (χ3n) is 3.53. The second-order valence-electron chi connectivity index (χ2n) is 5.71. The number of carbonyl (C=O) groups is 2. The van der Waals surface area contributed by atoms with Crippen LogP contribution in [0.15, 0.2) is 24.3 Å². The van der Waals surface area contributed by atoms with Crippen molar-refractivity contribution in [3.05, 3.63) is 34.9 Å². The number of hydrogen-bond acceptors (Lipinski definition) is 3. The normalized spacial score (nSPS) is 23.1. The van der Waals surface area contributed by atoms with Crippen molar-refractivity contribution >= 4 is 34.3 Å². The zero-order chi connectivity index (χ0) is 16.4. The van der Waals surface area contributed by atoms with E-state index in [-0.39, 0.29) is 17.6 Å². The van der Waals surface area contributed by atoms with Gasteiger partial charge in [0.25, 0.3) is 0 Å². The quantitative estimate of drug-likeness (QED) is 0.891. The van der Waals surface area contributed by atoms with Crippen molar-refractivity contribution in [2.75, 3.05) is 5.75 Å². The molecule has 0 bridgehead atoms. The first kappa shape index (κ1) is 17.0. The lowest BCUT2D eigenvalue weighted by molar-refractivity contribution is -0.150. The Kier molecular flexibility index (Phi) is 5.24. The van der Waals surface area contributed by atoms with Crippen LogP contribution in [-0.4, -0.2) is 37.9 Å². The molecule has 0 saturated carbocycles. The van der Waals surface area contributed by atoms with Gasteiger partial charge in [0.1, 0.15) is 17.2 Å². The van der Waals surface area contributed by atoms with Crippen molar-refractivity contribution < 1.29 is 18.9 Å². The molecular formula is C15H18ClNO4S. The summed E-state index contributed by atoms with van der Waals surface area (Å²) in [5.74, 6) is -1.49. The van der Waals surface area contributed by atoms with E-state index >= 15 is 0 Å². The van der Waals surface area contributed by atoms with Gasteiger partial charge in [0, 0.05) is 5.02 Å². The molecule has 1 saturated heterocycles. The first-order valence-corrected chi connectivity index (χ1v) is 8.74. The minimum Gasteiger partial charge on any atom is -0.480 e. The maximum Gasteiger partial charge on any atom is 0.326 e. The van der Waals surface area contributed by atoms with Crippen molar-refractivity contribution in [2.24, 2.45) is 5.92 Å². The molecule has 1 aromatic carbocycles. The van der Waals surface area contributed by atoms with Crippen molar-refractivity contribution in [1.82, 2.24) is 4.90 Å².